The van der Waals surface area contributed by atoms with Crippen LogP contribution in [-0.2, 0) is 4.74 Å². The second-order valence-electron chi connectivity index (χ2n) is 4.10. The van der Waals surface area contributed by atoms with Crippen molar-refractivity contribution >= 4 is 17.8 Å². The molecule has 0 amide bonds. The minimum atomic E-state index is 0.222. The Kier molecular flexibility index (Phi) is 2.42. The second-order valence-corrected chi connectivity index (χ2v) is 4.10. The lowest BCUT2D eigenvalue weighted by Crippen LogP contribution is -2.27. The number of fused-ring (bicyclic) bond motifs is 1. The van der Waals surface area contributed by atoms with Crippen molar-refractivity contribution in [2.24, 2.45) is 21.9 Å². The standard InChI is InChI=1S/C11H16N3O/c1-7(2)9-5-8-6-14(3)13-10(8)11(12-9)15-4/h5-8H,1-4H3/q+1. The third-order valence-corrected chi connectivity index (χ3v) is 2.54. The van der Waals surface area contributed by atoms with Crippen molar-refractivity contribution in [3.05, 3.63) is 11.8 Å². The summed E-state index contributed by atoms with van der Waals surface area (Å²) in [5.41, 5.74) is 1.98. The highest BCUT2D eigenvalue weighted by Gasteiger charge is 2.33. The SMILES string of the molecule is COC1=NC(C(C)C)=CC2C=[N+](C)N=C12. The number of ether oxygens (including phenoxy) is 1. The molecular weight excluding hydrogens is 190 g/mol. The van der Waals surface area contributed by atoms with E-state index in [4.69, 9.17) is 4.74 Å². The fraction of sp³-hybridized carbons (Fsp3) is 0.545. The fourth-order valence-electron chi connectivity index (χ4n) is 1.75. The first-order valence-electron chi connectivity index (χ1n) is 5.13. The predicted octanol–water partition coefficient (Wildman–Crippen LogP) is 1.28. The Morgan fingerprint density at radius 2 is 2.20 bits per heavy atom. The normalized spacial score (nSPS) is 24.2. The number of hydrogen-bond acceptors (Lipinski definition) is 3. The maximum Gasteiger partial charge on any atom is 0.243 e. The zero-order valence-corrected chi connectivity index (χ0v) is 9.56. The molecule has 1 atom stereocenters. The Morgan fingerprint density at radius 3 is 2.80 bits per heavy atom. The molecular formula is C11H16N3O+. The minimum Gasteiger partial charge on any atom is -0.480 e. The zero-order chi connectivity index (χ0) is 11.0. The Bertz CT molecular complexity index is 402. The average Bonchev–Trinajstić information content (AvgIpc) is 2.56. The average molecular weight is 206 g/mol. The van der Waals surface area contributed by atoms with Crippen LogP contribution in [0.15, 0.2) is 21.9 Å². The van der Waals surface area contributed by atoms with Gasteiger partial charge in [-0.15, -0.1) is 0 Å². The number of allylic oxidation sites excluding steroid dienone is 2. The lowest BCUT2D eigenvalue weighted by molar-refractivity contribution is -0.494. The first-order chi connectivity index (χ1) is 7.11. The van der Waals surface area contributed by atoms with Crippen LogP contribution in [0.25, 0.3) is 0 Å². The van der Waals surface area contributed by atoms with Crippen LogP contribution in [0.1, 0.15) is 13.8 Å². The molecule has 2 aliphatic rings. The van der Waals surface area contributed by atoms with Gasteiger partial charge in [0.25, 0.3) is 0 Å². The van der Waals surface area contributed by atoms with Crippen molar-refractivity contribution < 1.29 is 9.42 Å². The van der Waals surface area contributed by atoms with E-state index in [1.165, 1.54) is 0 Å². The van der Waals surface area contributed by atoms with Gasteiger partial charge in [-0.25, -0.2) is 4.99 Å². The van der Waals surface area contributed by atoms with Crippen molar-refractivity contribution in [3.63, 3.8) is 0 Å². The molecule has 80 valence electrons. The molecule has 0 bridgehead atoms. The number of aliphatic imine (C=N–C) groups is 1. The van der Waals surface area contributed by atoms with Gasteiger partial charge in [-0.05, 0) is 12.0 Å². The summed E-state index contributed by atoms with van der Waals surface area (Å²) >= 11 is 0. The largest absolute Gasteiger partial charge is 0.480 e. The van der Waals surface area contributed by atoms with Gasteiger partial charge < -0.3 is 4.74 Å². The molecule has 2 heterocycles. The van der Waals surface area contributed by atoms with Crippen LogP contribution in [0.5, 0.6) is 0 Å². The molecule has 4 nitrogen and oxygen atoms in total. The number of hydrogen-bond donors (Lipinski definition) is 0. The van der Waals surface area contributed by atoms with Crippen LogP contribution in [0.4, 0.5) is 0 Å². The first kappa shape index (κ1) is 10.1. The topological polar surface area (TPSA) is 37.0 Å². The molecule has 2 aliphatic heterocycles. The van der Waals surface area contributed by atoms with E-state index in [0.29, 0.717) is 11.8 Å². The summed E-state index contributed by atoms with van der Waals surface area (Å²) in [6.45, 7) is 4.26. The summed E-state index contributed by atoms with van der Waals surface area (Å²) in [4.78, 5) is 4.46. The van der Waals surface area contributed by atoms with Gasteiger partial charge >= 0.3 is 0 Å². The van der Waals surface area contributed by atoms with Gasteiger partial charge in [0.15, 0.2) is 19.0 Å². The highest BCUT2D eigenvalue weighted by molar-refractivity contribution is 6.43. The van der Waals surface area contributed by atoms with E-state index in [2.05, 4.69) is 36.2 Å². The van der Waals surface area contributed by atoms with Crippen molar-refractivity contribution in [1.82, 2.24) is 0 Å². The van der Waals surface area contributed by atoms with Crippen LogP contribution < -0.4 is 0 Å². The number of nitrogens with zero attached hydrogens (tertiary/aromatic N) is 3. The molecule has 2 rings (SSSR count). The van der Waals surface area contributed by atoms with E-state index in [0.717, 1.165) is 11.4 Å². The molecule has 0 fully saturated rings. The number of rotatable bonds is 1. The van der Waals surface area contributed by atoms with E-state index in [1.807, 2.05) is 11.7 Å². The van der Waals surface area contributed by atoms with Gasteiger partial charge in [0.1, 0.15) is 5.92 Å². The smallest absolute Gasteiger partial charge is 0.243 e. The van der Waals surface area contributed by atoms with Crippen molar-refractivity contribution in [2.45, 2.75) is 13.8 Å². The zero-order valence-electron chi connectivity index (χ0n) is 9.56. The van der Waals surface area contributed by atoms with Gasteiger partial charge in [0.05, 0.1) is 7.11 Å². The van der Waals surface area contributed by atoms with Crippen molar-refractivity contribution in [1.29, 1.82) is 0 Å². The third kappa shape index (κ3) is 1.71. The summed E-state index contributed by atoms with van der Waals surface area (Å²) in [6.07, 6.45) is 4.21. The van der Waals surface area contributed by atoms with Crippen molar-refractivity contribution in [3.8, 4) is 0 Å². The fourth-order valence-corrected chi connectivity index (χ4v) is 1.75. The molecule has 0 N–H and O–H groups in total. The molecule has 0 spiro atoms. The van der Waals surface area contributed by atoms with Gasteiger partial charge in [0.2, 0.25) is 5.90 Å². The monoisotopic (exact) mass is 206 g/mol. The minimum absolute atomic E-state index is 0.222. The lowest BCUT2D eigenvalue weighted by atomic mass is 9.97. The van der Waals surface area contributed by atoms with Crippen LogP contribution in [0.3, 0.4) is 0 Å². The summed E-state index contributed by atoms with van der Waals surface area (Å²) in [7, 11) is 3.56. The lowest BCUT2D eigenvalue weighted by Gasteiger charge is -2.15. The van der Waals surface area contributed by atoms with Crippen LogP contribution >= 0.6 is 0 Å². The van der Waals surface area contributed by atoms with Gasteiger partial charge in [-0.2, -0.15) is 0 Å². The van der Waals surface area contributed by atoms with Crippen LogP contribution in [-0.4, -0.2) is 36.7 Å². The van der Waals surface area contributed by atoms with E-state index in [-0.39, 0.29) is 5.92 Å². The third-order valence-electron chi connectivity index (χ3n) is 2.54. The highest BCUT2D eigenvalue weighted by Crippen LogP contribution is 2.22. The summed E-state index contributed by atoms with van der Waals surface area (Å²) in [5.74, 6) is 1.28. The maximum absolute atomic E-state index is 5.27. The van der Waals surface area contributed by atoms with Crippen LogP contribution in [0, 0.1) is 11.8 Å². The summed E-state index contributed by atoms with van der Waals surface area (Å²) in [6, 6.07) is 0. The van der Waals surface area contributed by atoms with E-state index < -0.39 is 0 Å². The second kappa shape index (κ2) is 3.61. The molecule has 0 saturated heterocycles. The van der Waals surface area contributed by atoms with E-state index in [9.17, 15) is 0 Å². The Labute approximate surface area is 89.7 Å². The number of hydrazone groups is 1. The molecule has 1 unspecified atom stereocenters. The Hall–Kier alpha value is -1.45. The molecule has 4 heteroatoms. The molecule has 0 aromatic carbocycles. The number of methoxy groups -OCH3 is 1. The maximum atomic E-state index is 5.27. The van der Waals surface area contributed by atoms with Crippen molar-refractivity contribution in [2.75, 3.05) is 14.2 Å². The molecule has 0 aromatic rings. The molecule has 0 aliphatic carbocycles. The van der Waals surface area contributed by atoms with Crippen LogP contribution in [0.2, 0.25) is 0 Å². The van der Waals surface area contributed by atoms with Gasteiger partial charge in [0, 0.05) is 10.8 Å². The van der Waals surface area contributed by atoms with E-state index >= 15 is 0 Å². The van der Waals surface area contributed by atoms with Gasteiger partial charge in [-0.1, -0.05) is 18.5 Å². The summed E-state index contributed by atoms with van der Waals surface area (Å²) in [5, 5.41) is 4.35. The predicted molar refractivity (Wildman–Crippen MR) is 60.5 cm³/mol. The summed E-state index contributed by atoms with van der Waals surface area (Å²) < 4.78 is 7.08. The Balaban J connectivity index is 2.40. The Morgan fingerprint density at radius 1 is 1.47 bits per heavy atom. The molecule has 0 saturated carbocycles. The molecule has 0 radical (unpaired) electrons. The van der Waals surface area contributed by atoms with E-state index in [1.54, 1.807) is 7.11 Å². The quantitative estimate of drug-likeness (QED) is 0.595. The molecule has 15 heavy (non-hydrogen) atoms. The van der Waals surface area contributed by atoms with Gasteiger partial charge in [-0.3, -0.25) is 0 Å². The first-order valence-corrected chi connectivity index (χ1v) is 5.13. The molecule has 0 aromatic heterocycles. The highest BCUT2D eigenvalue weighted by atomic mass is 16.5.